The highest BCUT2D eigenvalue weighted by atomic mass is 19.1. The van der Waals surface area contributed by atoms with E-state index < -0.39 is 17.3 Å². The first kappa shape index (κ1) is 17.6. The molecule has 134 valence electrons. The van der Waals surface area contributed by atoms with E-state index in [1.165, 1.54) is 24.4 Å². The number of ether oxygens (including phenoxy) is 2. The van der Waals surface area contributed by atoms with Crippen LogP contribution in [-0.4, -0.2) is 9.97 Å². The Morgan fingerprint density at radius 3 is 2.58 bits per heavy atom. The average Bonchev–Trinajstić information content (AvgIpc) is 2.61. The van der Waals surface area contributed by atoms with Crippen molar-refractivity contribution in [2.45, 2.75) is 20.5 Å². The van der Waals surface area contributed by atoms with Crippen molar-refractivity contribution in [3.63, 3.8) is 0 Å². The molecule has 0 unspecified atom stereocenters. The highest BCUT2D eigenvalue weighted by Crippen LogP contribution is 2.27. The van der Waals surface area contributed by atoms with E-state index in [1.807, 2.05) is 0 Å². The van der Waals surface area contributed by atoms with E-state index in [0.29, 0.717) is 16.7 Å². The van der Waals surface area contributed by atoms with Crippen LogP contribution in [0, 0.1) is 25.5 Å². The molecule has 0 aliphatic heterocycles. The molecule has 0 atom stereocenters. The third-order valence-corrected chi connectivity index (χ3v) is 3.70. The van der Waals surface area contributed by atoms with Crippen LogP contribution in [0.3, 0.4) is 0 Å². The molecule has 2 aromatic carbocycles. The molecule has 0 amide bonds. The Hall–Kier alpha value is -3.22. The molecule has 0 aliphatic carbocycles. The quantitative estimate of drug-likeness (QED) is 0.748. The molecule has 0 fully saturated rings. The van der Waals surface area contributed by atoms with E-state index in [9.17, 15) is 13.6 Å². The normalized spacial score (nSPS) is 10.6. The van der Waals surface area contributed by atoms with E-state index >= 15 is 0 Å². The second kappa shape index (κ2) is 7.35. The van der Waals surface area contributed by atoms with Crippen molar-refractivity contribution in [2.24, 2.45) is 0 Å². The van der Waals surface area contributed by atoms with Crippen molar-refractivity contribution in [3.8, 4) is 17.4 Å². The minimum atomic E-state index is -0.605. The van der Waals surface area contributed by atoms with Gasteiger partial charge in [0.1, 0.15) is 18.2 Å². The number of aromatic amines is 1. The molecule has 0 saturated heterocycles. The molecule has 0 spiro atoms. The van der Waals surface area contributed by atoms with Crippen molar-refractivity contribution < 1.29 is 18.3 Å². The standard InChI is InChI=1S/C19H16F2N2O3/c1-11-3-5-14(8-15(11)20)26-17-6-4-13(7-16(17)21)10-25-18-12(2)9-22-19(24)23-18/h3-9H,10H2,1-2H3,(H,22,23,24). The first-order valence-electron chi connectivity index (χ1n) is 7.83. The lowest BCUT2D eigenvalue weighted by Crippen LogP contribution is -2.12. The maximum absolute atomic E-state index is 14.2. The van der Waals surface area contributed by atoms with Crippen LogP contribution in [0.2, 0.25) is 0 Å². The van der Waals surface area contributed by atoms with E-state index in [4.69, 9.17) is 9.47 Å². The summed E-state index contributed by atoms with van der Waals surface area (Å²) in [5.41, 5.74) is 1.16. The van der Waals surface area contributed by atoms with Crippen LogP contribution in [-0.2, 0) is 6.61 Å². The van der Waals surface area contributed by atoms with Crippen LogP contribution in [0.5, 0.6) is 17.4 Å². The highest BCUT2D eigenvalue weighted by molar-refractivity contribution is 5.36. The lowest BCUT2D eigenvalue weighted by atomic mass is 10.2. The van der Waals surface area contributed by atoms with Gasteiger partial charge in [0.05, 0.1) is 0 Å². The molecule has 3 aromatic rings. The molecule has 26 heavy (non-hydrogen) atoms. The minimum Gasteiger partial charge on any atom is -0.474 e. The van der Waals surface area contributed by atoms with E-state index in [0.717, 1.165) is 0 Å². The summed E-state index contributed by atoms with van der Waals surface area (Å²) < 4.78 is 38.7. The van der Waals surface area contributed by atoms with Crippen molar-refractivity contribution in [1.82, 2.24) is 9.97 Å². The SMILES string of the molecule is Cc1ccc(Oc2ccc(COc3[nH]c(=O)ncc3C)cc2F)cc1F. The number of hydrogen-bond acceptors (Lipinski definition) is 4. The minimum absolute atomic E-state index is 0.0227. The summed E-state index contributed by atoms with van der Waals surface area (Å²) in [6, 6.07) is 8.65. The third kappa shape index (κ3) is 4.05. The number of halogens is 2. The number of nitrogens with zero attached hydrogens (tertiary/aromatic N) is 1. The topological polar surface area (TPSA) is 64.2 Å². The van der Waals surface area contributed by atoms with Gasteiger partial charge in [0.25, 0.3) is 0 Å². The van der Waals surface area contributed by atoms with Crippen molar-refractivity contribution >= 4 is 0 Å². The van der Waals surface area contributed by atoms with Gasteiger partial charge < -0.3 is 9.47 Å². The molecule has 0 aliphatic rings. The molecule has 0 saturated carbocycles. The first-order chi connectivity index (χ1) is 12.4. The Bertz CT molecular complexity index is 1000. The van der Waals surface area contributed by atoms with Gasteiger partial charge in [0.15, 0.2) is 17.4 Å². The maximum atomic E-state index is 14.2. The van der Waals surface area contributed by atoms with Gasteiger partial charge in [-0.1, -0.05) is 12.1 Å². The second-order valence-electron chi connectivity index (χ2n) is 5.77. The van der Waals surface area contributed by atoms with Gasteiger partial charge >= 0.3 is 5.69 Å². The van der Waals surface area contributed by atoms with Crippen LogP contribution in [0.4, 0.5) is 8.78 Å². The van der Waals surface area contributed by atoms with Gasteiger partial charge in [-0.3, -0.25) is 4.98 Å². The van der Waals surface area contributed by atoms with Crippen LogP contribution in [0.25, 0.3) is 0 Å². The van der Waals surface area contributed by atoms with Crippen LogP contribution >= 0.6 is 0 Å². The summed E-state index contributed by atoms with van der Waals surface area (Å²) in [7, 11) is 0. The summed E-state index contributed by atoms with van der Waals surface area (Å²) in [5, 5.41) is 0. The van der Waals surface area contributed by atoms with Gasteiger partial charge in [-0.2, -0.15) is 0 Å². The second-order valence-corrected chi connectivity index (χ2v) is 5.77. The monoisotopic (exact) mass is 358 g/mol. The van der Waals surface area contributed by atoms with Crippen LogP contribution in [0.1, 0.15) is 16.7 Å². The summed E-state index contributed by atoms with van der Waals surface area (Å²) >= 11 is 0. The van der Waals surface area contributed by atoms with Gasteiger partial charge in [-0.05, 0) is 43.2 Å². The molecular formula is C19H16F2N2O3. The van der Waals surface area contributed by atoms with Crippen molar-refractivity contribution in [1.29, 1.82) is 0 Å². The Labute approximate surface area is 148 Å². The maximum Gasteiger partial charge on any atom is 0.347 e. The Morgan fingerprint density at radius 2 is 1.85 bits per heavy atom. The number of H-pyrrole nitrogens is 1. The third-order valence-electron chi connectivity index (χ3n) is 3.70. The summed E-state index contributed by atoms with van der Waals surface area (Å²) in [6.07, 6.45) is 1.40. The smallest absolute Gasteiger partial charge is 0.347 e. The fourth-order valence-corrected chi connectivity index (χ4v) is 2.23. The first-order valence-corrected chi connectivity index (χ1v) is 7.83. The zero-order chi connectivity index (χ0) is 18.7. The highest BCUT2D eigenvalue weighted by Gasteiger charge is 2.09. The van der Waals surface area contributed by atoms with E-state index in [-0.39, 0.29) is 24.0 Å². The molecule has 3 rings (SSSR count). The molecule has 7 heteroatoms. The van der Waals surface area contributed by atoms with Crippen molar-refractivity contribution in [3.05, 3.63) is 81.4 Å². The molecule has 0 bridgehead atoms. The number of aromatic nitrogens is 2. The van der Waals surface area contributed by atoms with Gasteiger partial charge in [-0.25, -0.2) is 18.6 Å². The Balaban J connectivity index is 1.71. The fourth-order valence-electron chi connectivity index (χ4n) is 2.23. The number of aryl methyl sites for hydroxylation is 2. The molecule has 5 nitrogen and oxygen atoms in total. The predicted molar refractivity (Wildman–Crippen MR) is 91.5 cm³/mol. The average molecular weight is 358 g/mol. The lowest BCUT2D eigenvalue weighted by molar-refractivity contribution is 0.289. The van der Waals surface area contributed by atoms with Gasteiger partial charge in [0, 0.05) is 17.8 Å². The van der Waals surface area contributed by atoms with E-state index in [2.05, 4.69) is 9.97 Å². The molecule has 1 aromatic heterocycles. The fraction of sp³-hybridized carbons (Fsp3) is 0.158. The largest absolute Gasteiger partial charge is 0.474 e. The number of rotatable bonds is 5. The van der Waals surface area contributed by atoms with Gasteiger partial charge in [-0.15, -0.1) is 0 Å². The predicted octanol–water partition coefficient (Wildman–Crippen LogP) is 4.04. The van der Waals surface area contributed by atoms with Crippen molar-refractivity contribution in [2.75, 3.05) is 0 Å². The number of benzene rings is 2. The summed E-state index contributed by atoms with van der Waals surface area (Å²) in [5.74, 6) is -0.561. The van der Waals surface area contributed by atoms with Gasteiger partial charge in [0.2, 0.25) is 0 Å². The van der Waals surface area contributed by atoms with Crippen LogP contribution < -0.4 is 15.2 Å². The Morgan fingerprint density at radius 1 is 1.04 bits per heavy atom. The Kier molecular flexibility index (Phi) is 4.97. The molecule has 1 heterocycles. The zero-order valence-electron chi connectivity index (χ0n) is 14.2. The number of hydrogen-bond donors (Lipinski definition) is 1. The van der Waals surface area contributed by atoms with E-state index in [1.54, 1.807) is 32.0 Å². The summed E-state index contributed by atoms with van der Waals surface area (Å²) in [6.45, 7) is 3.42. The lowest BCUT2D eigenvalue weighted by Gasteiger charge is -2.11. The van der Waals surface area contributed by atoms with Crippen LogP contribution in [0.15, 0.2) is 47.4 Å². The number of nitrogens with one attached hydrogen (secondary N) is 1. The molecule has 0 radical (unpaired) electrons. The zero-order valence-corrected chi connectivity index (χ0v) is 14.2. The molecular weight excluding hydrogens is 342 g/mol. The summed E-state index contributed by atoms with van der Waals surface area (Å²) in [4.78, 5) is 17.3. The molecule has 1 N–H and O–H groups in total.